The van der Waals surface area contributed by atoms with Gasteiger partial charge in [-0.1, -0.05) is 62.2 Å². The summed E-state index contributed by atoms with van der Waals surface area (Å²) in [4.78, 5) is 25.2. The van der Waals surface area contributed by atoms with Crippen molar-refractivity contribution in [1.82, 2.24) is 5.32 Å². The number of amides is 1. The van der Waals surface area contributed by atoms with Gasteiger partial charge in [0.2, 0.25) is 5.91 Å². The average Bonchev–Trinajstić information content (AvgIpc) is 3.08. The number of carboxylic acids is 1. The molecule has 3 atom stereocenters. The van der Waals surface area contributed by atoms with Gasteiger partial charge in [-0.15, -0.1) is 0 Å². The van der Waals surface area contributed by atoms with E-state index in [0.717, 1.165) is 12.0 Å². The maximum absolute atomic E-state index is 13.2. The van der Waals surface area contributed by atoms with Crippen molar-refractivity contribution in [1.29, 1.82) is 0 Å². The fraction of sp³-hybridized carbons (Fsp3) is 0.500. The zero-order chi connectivity index (χ0) is 27.2. The zero-order valence-corrected chi connectivity index (χ0v) is 23.2. The molecule has 1 aliphatic carbocycles. The number of hydrogen-bond acceptors (Lipinski definition) is 5. The minimum atomic E-state index is -1.08. The lowest BCUT2D eigenvalue weighted by Crippen LogP contribution is -2.49. The Morgan fingerprint density at radius 1 is 1.11 bits per heavy atom. The van der Waals surface area contributed by atoms with Crippen molar-refractivity contribution in [3.05, 3.63) is 63.6 Å². The van der Waals surface area contributed by atoms with Crippen molar-refractivity contribution in [2.24, 2.45) is 16.7 Å². The molecule has 0 spiro atoms. The molecule has 7 nitrogen and oxygen atoms in total. The van der Waals surface area contributed by atoms with Gasteiger partial charge in [0.1, 0.15) is 25.2 Å². The van der Waals surface area contributed by atoms with Gasteiger partial charge in [-0.25, -0.2) is 4.79 Å². The van der Waals surface area contributed by atoms with Gasteiger partial charge in [-0.05, 0) is 53.5 Å². The van der Waals surface area contributed by atoms with Crippen molar-refractivity contribution >= 4 is 35.1 Å². The molecule has 2 aromatic carbocycles. The Kier molecular flexibility index (Phi) is 9.86. The van der Waals surface area contributed by atoms with Crippen LogP contribution >= 0.6 is 23.2 Å². The number of halogens is 2. The van der Waals surface area contributed by atoms with Crippen molar-refractivity contribution in [2.45, 2.75) is 52.7 Å². The Morgan fingerprint density at radius 3 is 2.35 bits per heavy atom. The van der Waals surface area contributed by atoms with E-state index in [1.807, 2.05) is 13.8 Å². The van der Waals surface area contributed by atoms with Crippen LogP contribution in [0, 0.1) is 16.7 Å². The minimum absolute atomic E-state index is 0.152. The van der Waals surface area contributed by atoms with Gasteiger partial charge in [-0.3, -0.25) is 4.79 Å². The number of carbonyl (C=O) groups is 2. The van der Waals surface area contributed by atoms with Crippen LogP contribution in [-0.4, -0.2) is 43.5 Å². The second-order valence-electron chi connectivity index (χ2n) is 10.4. The summed E-state index contributed by atoms with van der Waals surface area (Å²) in [6.45, 7) is 7.07. The number of carbonyl (C=O) groups excluding carboxylic acids is 1. The van der Waals surface area contributed by atoms with Crippen molar-refractivity contribution in [3.8, 4) is 5.75 Å². The summed E-state index contributed by atoms with van der Waals surface area (Å²) in [5, 5.41) is 13.6. The van der Waals surface area contributed by atoms with Gasteiger partial charge in [0, 0.05) is 35.1 Å². The summed E-state index contributed by atoms with van der Waals surface area (Å²) in [6.07, 6.45) is 1.62. The quantitative estimate of drug-likeness (QED) is 0.257. The summed E-state index contributed by atoms with van der Waals surface area (Å²) in [5.41, 5.74) is 0.854. The standard InChI is InChI=1S/C28H35Cl2NO6/c1-27(2)21(12-13-28(27,3)16-36-17-35-4)25(32)31-24(26(33)34)14-18-8-10-19(11-9-18)37-15-20-22(29)6-5-7-23(20)30/h5-11,21,24H,12-17H2,1-4H3,(H,31,32)(H,33,34)/t21-,24+,28+/m1/s1. The predicted molar refractivity (Wildman–Crippen MR) is 143 cm³/mol. The molecule has 0 heterocycles. The van der Waals surface area contributed by atoms with E-state index in [-0.39, 0.29) is 42.5 Å². The molecule has 2 N–H and O–H groups in total. The number of rotatable bonds is 12. The number of methoxy groups -OCH3 is 1. The normalized spacial score (nSPS) is 21.4. The van der Waals surface area contributed by atoms with Crippen LogP contribution in [0.15, 0.2) is 42.5 Å². The molecule has 0 bridgehead atoms. The SMILES string of the molecule is COCOC[C@]1(C)CC[C@H](C(=O)N[C@@H](Cc2ccc(OCc3c(Cl)cccc3Cl)cc2)C(=O)O)C1(C)C. The maximum Gasteiger partial charge on any atom is 0.326 e. The van der Waals surface area contributed by atoms with Crippen LogP contribution in [0.3, 0.4) is 0 Å². The smallest absolute Gasteiger partial charge is 0.326 e. The monoisotopic (exact) mass is 551 g/mol. The number of carboxylic acid groups (broad SMARTS) is 1. The van der Waals surface area contributed by atoms with Crippen LogP contribution in [-0.2, 0) is 32.1 Å². The molecule has 0 radical (unpaired) electrons. The molecule has 1 saturated carbocycles. The van der Waals surface area contributed by atoms with Crippen molar-refractivity contribution < 1.29 is 28.9 Å². The number of benzene rings is 2. The lowest BCUT2D eigenvalue weighted by Gasteiger charge is -2.41. The highest BCUT2D eigenvalue weighted by molar-refractivity contribution is 6.35. The van der Waals surface area contributed by atoms with Gasteiger partial charge >= 0.3 is 5.97 Å². The largest absolute Gasteiger partial charge is 0.489 e. The van der Waals surface area contributed by atoms with E-state index in [0.29, 0.717) is 34.4 Å². The molecule has 1 amide bonds. The molecular weight excluding hydrogens is 517 g/mol. The zero-order valence-electron chi connectivity index (χ0n) is 21.7. The summed E-state index contributed by atoms with van der Waals surface area (Å²) >= 11 is 12.4. The molecule has 9 heteroatoms. The van der Waals surface area contributed by atoms with E-state index in [2.05, 4.69) is 12.2 Å². The fourth-order valence-corrected chi connectivity index (χ4v) is 5.40. The second-order valence-corrected chi connectivity index (χ2v) is 11.2. The molecule has 1 fully saturated rings. The average molecular weight is 552 g/mol. The topological polar surface area (TPSA) is 94.1 Å². The molecular formula is C28H35Cl2NO6. The van der Waals surface area contributed by atoms with E-state index in [1.165, 1.54) is 0 Å². The Hall–Kier alpha value is -2.32. The highest BCUT2D eigenvalue weighted by Gasteiger charge is 2.54. The fourth-order valence-electron chi connectivity index (χ4n) is 4.89. The third-order valence-corrected chi connectivity index (χ3v) is 8.48. The number of ether oxygens (including phenoxy) is 3. The Labute approximate surface area is 228 Å². The van der Waals surface area contributed by atoms with E-state index < -0.39 is 12.0 Å². The number of nitrogens with one attached hydrogen (secondary N) is 1. The van der Waals surface area contributed by atoms with Crippen LogP contribution in [0.5, 0.6) is 5.75 Å². The lowest BCUT2D eigenvalue weighted by molar-refractivity contribution is -0.144. The van der Waals surface area contributed by atoms with Crippen LogP contribution in [0.25, 0.3) is 0 Å². The Balaban J connectivity index is 1.61. The highest BCUT2D eigenvalue weighted by Crippen LogP contribution is 2.56. The van der Waals surface area contributed by atoms with Crippen LogP contribution < -0.4 is 10.1 Å². The maximum atomic E-state index is 13.2. The molecule has 1 aliphatic rings. The van der Waals surface area contributed by atoms with E-state index in [4.69, 9.17) is 37.4 Å². The molecule has 202 valence electrons. The van der Waals surface area contributed by atoms with Crippen molar-refractivity contribution in [2.75, 3.05) is 20.5 Å². The van der Waals surface area contributed by atoms with Gasteiger partial charge < -0.3 is 24.6 Å². The first kappa shape index (κ1) is 29.2. The molecule has 0 saturated heterocycles. The lowest BCUT2D eigenvalue weighted by atomic mass is 9.66. The number of hydrogen-bond donors (Lipinski definition) is 2. The van der Waals surface area contributed by atoms with E-state index in [9.17, 15) is 14.7 Å². The molecule has 0 aliphatic heterocycles. The van der Waals surface area contributed by atoms with Gasteiger partial charge in [0.15, 0.2) is 0 Å². The van der Waals surface area contributed by atoms with Crippen molar-refractivity contribution in [3.63, 3.8) is 0 Å². The second kappa shape index (κ2) is 12.5. The van der Waals surface area contributed by atoms with Crippen LogP contribution in [0.4, 0.5) is 0 Å². The molecule has 0 aromatic heterocycles. The third-order valence-electron chi connectivity index (χ3n) is 7.77. The van der Waals surface area contributed by atoms with E-state index in [1.54, 1.807) is 49.6 Å². The van der Waals surface area contributed by atoms with Gasteiger partial charge in [0.05, 0.1) is 6.61 Å². The molecule has 3 rings (SSSR count). The summed E-state index contributed by atoms with van der Waals surface area (Å²) in [6, 6.07) is 11.3. The molecule has 2 aromatic rings. The number of aliphatic carboxylic acids is 1. The minimum Gasteiger partial charge on any atom is -0.489 e. The van der Waals surface area contributed by atoms with Crippen LogP contribution in [0.1, 0.15) is 44.7 Å². The summed E-state index contributed by atoms with van der Waals surface area (Å²) < 4.78 is 16.4. The summed E-state index contributed by atoms with van der Waals surface area (Å²) in [7, 11) is 1.57. The molecule has 0 unspecified atom stereocenters. The first-order valence-electron chi connectivity index (χ1n) is 12.2. The highest BCUT2D eigenvalue weighted by atomic mass is 35.5. The van der Waals surface area contributed by atoms with Gasteiger partial charge in [0.25, 0.3) is 0 Å². The first-order chi connectivity index (χ1) is 17.5. The Morgan fingerprint density at radius 2 is 1.76 bits per heavy atom. The third kappa shape index (κ3) is 6.96. The van der Waals surface area contributed by atoms with Crippen LogP contribution in [0.2, 0.25) is 10.0 Å². The molecule has 37 heavy (non-hydrogen) atoms. The Bertz CT molecular complexity index is 1070. The summed E-state index contributed by atoms with van der Waals surface area (Å²) in [5.74, 6) is -1.05. The first-order valence-corrected chi connectivity index (χ1v) is 13.0. The van der Waals surface area contributed by atoms with Gasteiger partial charge in [-0.2, -0.15) is 0 Å². The predicted octanol–water partition coefficient (Wildman–Crippen LogP) is 5.75. The van der Waals surface area contributed by atoms with E-state index >= 15 is 0 Å².